The lowest BCUT2D eigenvalue weighted by molar-refractivity contribution is -0.142. The van der Waals surface area contributed by atoms with E-state index in [1.54, 1.807) is 32.2 Å². The van der Waals surface area contributed by atoms with Crippen molar-refractivity contribution in [3.05, 3.63) is 18.2 Å². The second-order valence-electron chi connectivity index (χ2n) is 3.14. The molecule has 0 saturated carbocycles. The highest BCUT2D eigenvalue weighted by Crippen LogP contribution is 2.23. The van der Waals surface area contributed by atoms with Crippen molar-refractivity contribution in [1.82, 2.24) is 0 Å². The number of hydrogen-bond acceptors (Lipinski definition) is 5. The highest BCUT2D eigenvalue weighted by Gasteiger charge is 2.02. The van der Waals surface area contributed by atoms with E-state index < -0.39 is 0 Å². The van der Waals surface area contributed by atoms with Gasteiger partial charge in [-0.3, -0.25) is 4.79 Å². The third kappa shape index (κ3) is 3.34. The van der Waals surface area contributed by atoms with E-state index in [9.17, 15) is 4.79 Å². The van der Waals surface area contributed by atoms with Gasteiger partial charge in [0, 0.05) is 12.5 Å². The van der Waals surface area contributed by atoms with Crippen molar-refractivity contribution in [2.45, 2.75) is 13.3 Å². The summed E-state index contributed by atoms with van der Waals surface area (Å²) >= 11 is 0. The lowest BCUT2D eigenvalue weighted by atomic mass is 10.2. The van der Waals surface area contributed by atoms with Crippen molar-refractivity contribution in [2.24, 2.45) is 0 Å². The molecule has 0 spiro atoms. The Morgan fingerprint density at radius 1 is 1.50 bits per heavy atom. The number of methoxy groups -OCH3 is 1. The van der Waals surface area contributed by atoms with Gasteiger partial charge in [0.05, 0.1) is 18.5 Å². The third-order valence-electron chi connectivity index (χ3n) is 2.04. The van der Waals surface area contributed by atoms with Crippen LogP contribution in [-0.2, 0) is 9.53 Å². The average Bonchev–Trinajstić information content (AvgIpc) is 2.30. The maximum absolute atomic E-state index is 10.9. The van der Waals surface area contributed by atoms with Gasteiger partial charge in [-0.2, -0.15) is 0 Å². The van der Waals surface area contributed by atoms with Gasteiger partial charge in [0.25, 0.3) is 0 Å². The number of esters is 1. The summed E-state index contributed by atoms with van der Waals surface area (Å²) in [6.45, 7) is 1.85. The molecule has 0 amide bonds. The van der Waals surface area contributed by atoms with Gasteiger partial charge in [0.2, 0.25) is 0 Å². The van der Waals surface area contributed by atoms with Gasteiger partial charge in [-0.25, -0.2) is 0 Å². The smallest absolute Gasteiger partial charge is 0.307 e. The summed E-state index contributed by atoms with van der Waals surface area (Å²) < 4.78 is 9.89. The van der Waals surface area contributed by atoms with E-state index in [-0.39, 0.29) is 12.7 Å². The molecule has 0 aliphatic heterocycles. The number of hydrogen-bond donors (Lipinski definition) is 2. The Bertz CT molecular complexity index is 366. The topological polar surface area (TPSA) is 73.6 Å². The van der Waals surface area contributed by atoms with Crippen molar-refractivity contribution >= 4 is 17.3 Å². The number of carbonyl (C=O) groups is 1. The van der Waals surface area contributed by atoms with E-state index in [4.69, 9.17) is 15.2 Å². The number of anilines is 2. The number of nitrogens with two attached hydrogens (primary N) is 1. The molecule has 0 aliphatic rings. The normalized spacial score (nSPS) is 9.62. The molecule has 0 atom stereocenters. The lowest BCUT2D eigenvalue weighted by Crippen LogP contribution is -2.12. The molecule has 3 N–H and O–H groups in total. The fourth-order valence-electron chi connectivity index (χ4n) is 1.13. The van der Waals surface area contributed by atoms with E-state index in [1.807, 2.05) is 0 Å². The quantitative estimate of drug-likeness (QED) is 0.451. The molecule has 1 aromatic rings. The van der Waals surface area contributed by atoms with Crippen LogP contribution in [0.3, 0.4) is 0 Å². The van der Waals surface area contributed by atoms with E-state index in [1.165, 1.54) is 0 Å². The predicted molar refractivity (Wildman–Crippen MR) is 62.3 cm³/mol. The highest BCUT2D eigenvalue weighted by molar-refractivity contribution is 5.70. The van der Waals surface area contributed by atoms with Crippen LogP contribution in [0.2, 0.25) is 0 Å². The Balaban J connectivity index is 2.51. The number of benzene rings is 1. The summed E-state index contributed by atoms with van der Waals surface area (Å²) in [6.07, 6.45) is 0.361. The molecular formula is C11H16N2O3. The molecule has 1 rings (SSSR count). The molecule has 0 aliphatic carbocycles. The number of rotatable bonds is 5. The van der Waals surface area contributed by atoms with E-state index in [0.29, 0.717) is 23.5 Å². The minimum Gasteiger partial charge on any atom is -0.497 e. The maximum atomic E-state index is 10.9. The predicted octanol–water partition coefficient (Wildman–Crippen LogP) is 1.60. The van der Waals surface area contributed by atoms with Crippen LogP contribution in [0.4, 0.5) is 11.4 Å². The molecule has 0 saturated heterocycles. The first-order chi connectivity index (χ1) is 7.67. The number of ether oxygens (including phenoxy) is 2. The standard InChI is InChI=1S/C11H16N2O3/c1-3-11(14)16-7-13-10-5-4-8(15-2)6-9(10)12/h4-6,13H,3,7,12H2,1-2H3. The summed E-state index contributed by atoms with van der Waals surface area (Å²) in [5.74, 6) is 0.438. The third-order valence-corrected chi connectivity index (χ3v) is 2.04. The minimum atomic E-state index is -0.250. The second-order valence-corrected chi connectivity index (χ2v) is 3.14. The van der Waals surface area contributed by atoms with Gasteiger partial charge in [0.1, 0.15) is 5.75 Å². The van der Waals surface area contributed by atoms with Crippen molar-refractivity contribution in [2.75, 3.05) is 24.9 Å². The summed E-state index contributed by atoms with van der Waals surface area (Å²) in [4.78, 5) is 10.9. The molecule has 16 heavy (non-hydrogen) atoms. The Hall–Kier alpha value is -1.91. The van der Waals surface area contributed by atoms with Crippen LogP contribution in [0.15, 0.2) is 18.2 Å². The monoisotopic (exact) mass is 224 g/mol. The largest absolute Gasteiger partial charge is 0.497 e. The Labute approximate surface area is 94.5 Å². The SMILES string of the molecule is CCC(=O)OCNc1ccc(OC)cc1N. The van der Waals surface area contributed by atoms with Gasteiger partial charge in [-0.05, 0) is 12.1 Å². The molecule has 1 aromatic carbocycles. The zero-order chi connectivity index (χ0) is 12.0. The average molecular weight is 224 g/mol. The van der Waals surface area contributed by atoms with Crippen molar-refractivity contribution in [1.29, 1.82) is 0 Å². The first-order valence-electron chi connectivity index (χ1n) is 5.00. The molecule has 0 aromatic heterocycles. The van der Waals surface area contributed by atoms with Crippen LogP contribution >= 0.6 is 0 Å². The molecule has 0 radical (unpaired) electrons. The van der Waals surface area contributed by atoms with Gasteiger partial charge >= 0.3 is 5.97 Å². The van der Waals surface area contributed by atoms with E-state index in [2.05, 4.69) is 5.32 Å². The van der Waals surface area contributed by atoms with Crippen LogP contribution in [0.25, 0.3) is 0 Å². The van der Waals surface area contributed by atoms with E-state index in [0.717, 1.165) is 0 Å². The molecule has 0 unspecified atom stereocenters. The Kier molecular flexibility index (Phi) is 4.44. The van der Waals surface area contributed by atoms with Crippen molar-refractivity contribution in [3.8, 4) is 5.75 Å². The Morgan fingerprint density at radius 3 is 2.81 bits per heavy atom. The molecule has 5 nitrogen and oxygen atoms in total. The number of carbonyl (C=O) groups excluding carboxylic acids is 1. The second kappa shape index (κ2) is 5.85. The van der Waals surface area contributed by atoms with Crippen LogP contribution in [0.5, 0.6) is 5.75 Å². The minimum absolute atomic E-state index is 0.114. The van der Waals surface area contributed by atoms with Gasteiger partial charge in [-0.15, -0.1) is 0 Å². The molecular weight excluding hydrogens is 208 g/mol. The van der Waals surface area contributed by atoms with Crippen LogP contribution < -0.4 is 15.8 Å². The fourth-order valence-corrected chi connectivity index (χ4v) is 1.13. The molecule has 88 valence electrons. The first-order valence-corrected chi connectivity index (χ1v) is 5.00. The fraction of sp³-hybridized carbons (Fsp3) is 0.364. The summed E-state index contributed by atoms with van der Waals surface area (Å²) in [5, 5.41) is 2.91. The first kappa shape index (κ1) is 12.2. The highest BCUT2D eigenvalue weighted by atomic mass is 16.5. The summed E-state index contributed by atoms with van der Waals surface area (Å²) in [7, 11) is 1.57. The van der Waals surface area contributed by atoms with Gasteiger partial charge in [0.15, 0.2) is 6.73 Å². The van der Waals surface area contributed by atoms with Gasteiger partial charge < -0.3 is 20.5 Å². The van der Waals surface area contributed by atoms with E-state index >= 15 is 0 Å². The molecule has 0 fully saturated rings. The van der Waals surface area contributed by atoms with Crippen LogP contribution in [0, 0.1) is 0 Å². The zero-order valence-electron chi connectivity index (χ0n) is 9.45. The number of nitrogens with one attached hydrogen (secondary N) is 1. The lowest BCUT2D eigenvalue weighted by Gasteiger charge is -2.10. The van der Waals surface area contributed by atoms with Crippen LogP contribution in [-0.4, -0.2) is 19.8 Å². The Morgan fingerprint density at radius 2 is 2.25 bits per heavy atom. The van der Waals surface area contributed by atoms with Crippen molar-refractivity contribution < 1.29 is 14.3 Å². The summed E-state index contributed by atoms with van der Waals surface area (Å²) in [6, 6.07) is 5.25. The zero-order valence-corrected chi connectivity index (χ0v) is 9.45. The maximum Gasteiger partial charge on any atom is 0.307 e. The molecule has 0 heterocycles. The number of nitrogen functional groups attached to an aromatic ring is 1. The molecule has 5 heteroatoms. The van der Waals surface area contributed by atoms with Crippen LogP contribution in [0.1, 0.15) is 13.3 Å². The van der Waals surface area contributed by atoms with Gasteiger partial charge in [-0.1, -0.05) is 6.92 Å². The summed E-state index contributed by atoms with van der Waals surface area (Å²) in [5.41, 5.74) is 7.02. The van der Waals surface area contributed by atoms with Crippen molar-refractivity contribution in [3.63, 3.8) is 0 Å². The molecule has 0 bridgehead atoms.